The molecule has 160 valence electrons. The Labute approximate surface area is 188 Å². The van der Waals surface area contributed by atoms with E-state index in [-0.39, 0.29) is 11.0 Å². The number of benzene rings is 3. The normalized spacial score (nSPS) is 10.7. The predicted molar refractivity (Wildman–Crippen MR) is 130 cm³/mol. The van der Waals surface area contributed by atoms with Crippen LogP contribution in [0.3, 0.4) is 0 Å². The van der Waals surface area contributed by atoms with E-state index < -0.39 is 5.91 Å². The number of amides is 1. The molecule has 0 spiro atoms. The van der Waals surface area contributed by atoms with Crippen molar-refractivity contribution in [1.82, 2.24) is 4.57 Å². The summed E-state index contributed by atoms with van der Waals surface area (Å²) in [6.07, 6.45) is 0. The van der Waals surface area contributed by atoms with E-state index in [1.165, 1.54) is 0 Å². The van der Waals surface area contributed by atoms with Crippen LogP contribution >= 0.6 is 0 Å². The fourth-order valence-electron chi connectivity index (χ4n) is 3.95. The van der Waals surface area contributed by atoms with Crippen LogP contribution in [0.5, 0.6) is 0 Å². The van der Waals surface area contributed by atoms with Gasteiger partial charge in [-0.25, -0.2) is 0 Å². The third-order valence-electron chi connectivity index (χ3n) is 5.61. The zero-order chi connectivity index (χ0) is 22.7. The maximum atomic E-state index is 13.5. The lowest BCUT2D eigenvalue weighted by atomic mass is 10.0. The van der Waals surface area contributed by atoms with E-state index in [0.29, 0.717) is 17.9 Å². The van der Waals surface area contributed by atoms with Crippen LogP contribution in [0.15, 0.2) is 89.7 Å². The summed E-state index contributed by atoms with van der Waals surface area (Å²) >= 11 is 0. The molecule has 4 nitrogen and oxygen atoms in total. The van der Waals surface area contributed by atoms with Crippen molar-refractivity contribution in [3.05, 3.63) is 123 Å². The van der Waals surface area contributed by atoms with Crippen molar-refractivity contribution in [1.29, 1.82) is 0 Å². The van der Waals surface area contributed by atoms with E-state index in [1.54, 1.807) is 6.07 Å². The number of pyridine rings is 1. The molecular formula is C28H26N2O2. The van der Waals surface area contributed by atoms with E-state index in [1.807, 2.05) is 99.6 Å². The molecule has 0 unspecified atom stereocenters. The first-order valence-corrected chi connectivity index (χ1v) is 10.7. The molecule has 0 aliphatic rings. The average molecular weight is 423 g/mol. The number of hydrogen-bond acceptors (Lipinski definition) is 2. The van der Waals surface area contributed by atoms with Crippen molar-refractivity contribution < 1.29 is 4.79 Å². The van der Waals surface area contributed by atoms with E-state index in [0.717, 1.165) is 27.9 Å². The summed E-state index contributed by atoms with van der Waals surface area (Å²) in [6, 6.07) is 27.1. The first-order valence-electron chi connectivity index (χ1n) is 10.7. The number of aromatic nitrogens is 1. The quantitative estimate of drug-likeness (QED) is 0.446. The smallest absolute Gasteiger partial charge is 0.261 e. The minimum absolute atomic E-state index is 0.153. The highest BCUT2D eigenvalue weighted by atomic mass is 16.2. The number of anilines is 1. The van der Waals surface area contributed by atoms with Gasteiger partial charge in [0.15, 0.2) is 5.43 Å². The lowest BCUT2D eigenvalue weighted by Crippen LogP contribution is -2.27. The number of nitrogens with one attached hydrogen (secondary N) is 1. The molecule has 0 saturated carbocycles. The van der Waals surface area contributed by atoms with Gasteiger partial charge < -0.3 is 9.88 Å². The minimum Gasteiger partial charge on any atom is -0.340 e. The Balaban J connectivity index is 1.92. The molecule has 0 radical (unpaired) electrons. The molecule has 0 fully saturated rings. The highest BCUT2D eigenvalue weighted by Crippen LogP contribution is 2.27. The van der Waals surface area contributed by atoms with Crippen molar-refractivity contribution in [3.63, 3.8) is 0 Å². The summed E-state index contributed by atoms with van der Waals surface area (Å²) in [5, 5.41) is 2.95. The molecule has 1 aromatic heterocycles. The minimum atomic E-state index is -0.400. The Kier molecular flexibility index (Phi) is 6.04. The monoisotopic (exact) mass is 422 g/mol. The maximum absolute atomic E-state index is 13.5. The lowest BCUT2D eigenvalue weighted by molar-refractivity contribution is 0.102. The maximum Gasteiger partial charge on any atom is 0.261 e. The number of carbonyl (C=O) groups is 1. The molecule has 32 heavy (non-hydrogen) atoms. The van der Waals surface area contributed by atoms with Gasteiger partial charge in [-0.2, -0.15) is 0 Å². The third kappa shape index (κ3) is 4.40. The molecule has 4 rings (SSSR count). The number of para-hydroxylation sites is 1. The van der Waals surface area contributed by atoms with Crippen molar-refractivity contribution in [2.24, 2.45) is 0 Å². The fraction of sp³-hybridized carbons (Fsp3) is 0.143. The zero-order valence-electron chi connectivity index (χ0n) is 18.6. The van der Waals surface area contributed by atoms with Crippen molar-refractivity contribution >= 4 is 11.6 Å². The third-order valence-corrected chi connectivity index (χ3v) is 5.61. The van der Waals surface area contributed by atoms with Gasteiger partial charge in [-0.05, 0) is 49.6 Å². The van der Waals surface area contributed by atoms with Crippen LogP contribution in [0.25, 0.3) is 11.3 Å². The summed E-state index contributed by atoms with van der Waals surface area (Å²) in [7, 11) is 0. The van der Waals surface area contributed by atoms with Gasteiger partial charge >= 0.3 is 0 Å². The second-order valence-corrected chi connectivity index (χ2v) is 8.08. The van der Waals surface area contributed by atoms with Crippen LogP contribution in [0.2, 0.25) is 0 Å². The molecule has 1 N–H and O–H groups in total. The van der Waals surface area contributed by atoms with E-state index in [9.17, 15) is 9.59 Å². The van der Waals surface area contributed by atoms with Crippen molar-refractivity contribution in [2.45, 2.75) is 27.3 Å². The Morgan fingerprint density at radius 2 is 1.56 bits per heavy atom. The van der Waals surface area contributed by atoms with Crippen LogP contribution in [-0.4, -0.2) is 10.5 Å². The molecular weight excluding hydrogens is 396 g/mol. The summed E-state index contributed by atoms with van der Waals surface area (Å²) in [5.74, 6) is -0.400. The number of aryl methyl sites for hydroxylation is 3. The number of carbonyl (C=O) groups excluding carboxylic acids is 1. The fourth-order valence-corrected chi connectivity index (χ4v) is 3.95. The summed E-state index contributed by atoms with van der Waals surface area (Å²) in [5.41, 5.74) is 5.95. The molecule has 4 aromatic rings. The highest BCUT2D eigenvalue weighted by Gasteiger charge is 2.22. The van der Waals surface area contributed by atoms with Gasteiger partial charge in [0.05, 0.1) is 5.69 Å². The zero-order valence-corrected chi connectivity index (χ0v) is 18.6. The van der Waals surface area contributed by atoms with Crippen LogP contribution in [0.1, 0.15) is 32.7 Å². The van der Waals surface area contributed by atoms with Crippen molar-refractivity contribution in [2.75, 3.05) is 5.32 Å². The van der Waals surface area contributed by atoms with E-state index in [2.05, 4.69) is 9.88 Å². The molecule has 0 saturated heterocycles. The van der Waals surface area contributed by atoms with Crippen LogP contribution in [0.4, 0.5) is 5.69 Å². The molecule has 0 aliphatic carbocycles. The Bertz CT molecular complexity index is 1340. The van der Waals surface area contributed by atoms with Gasteiger partial charge in [-0.1, -0.05) is 72.3 Å². The van der Waals surface area contributed by atoms with Gasteiger partial charge in [-0.3, -0.25) is 9.59 Å². The standard InChI is InChI=1S/C28H26N2O2/c1-19-10-9-14-23(16-19)27-26(28(32)29-24-15-8-7-11-20(24)2)25(31)17-21(3)30(27)18-22-12-5-4-6-13-22/h4-17H,18H2,1-3H3,(H,29,32). The molecule has 4 heteroatoms. The largest absolute Gasteiger partial charge is 0.340 e. The SMILES string of the molecule is Cc1cccc(-c2c(C(=O)Nc3ccccc3C)c(=O)cc(C)n2Cc2ccccc2)c1. The van der Waals surface area contributed by atoms with Crippen molar-refractivity contribution in [3.8, 4) is 11.3 Å². The molecule has 0 aliphatic heterocycles. The lowest BCUT2D eigenvalue weighted by Gasteiger charge is -2.21. The summed E-state index contributed by atoms with van der Waals surface area (Å²) in [4.78, 5) is 26.6. The Hall–Kier alpha value is -3.92. The Morgan fingerprint density at radius 3 is 2.28 bits per heavy atom. The molecule has 0 bridgehead atoms. The van der Waals surface area contributed by atoms with Crippen LogP contribution < -0.4 is 10.7 Å². The number of nitrogens with zero attached hydrogens (tertiary/aromatic N) is 1. The summed E-state index contributed by atoms with van der Waals surface area (Å²) in [6.45, 7) is 6.40. The highest BCUT2D eigenvalue weighted by molar-refractivity contribution is 6.08. The first-order chi connectivity index (χ1) is 15.4. The second-order valence-electron chi connectivity index (χ2n) is 8.08. The number of hydrogen-bond donors (Lipinski definition) is 1. The molecule has 3 aromatic carbocycles. The van der Waals surface area contributed by atoms with Crippen LogP contribution in [0, 0.1) is 20.8 Å². The Morgan fingerprint density at radius 1 is 0.844 bits per heavy atom. The van der Waals surface area contributed by atoms with E-state index in [4.69, 9.17) is 0 Å². The van der Waals surface area contributed by atoms with Gasteiger partial charge in [0.25, 0.3) is 5.91 Å². The van der Waals surface area contributed by atoms with Crippen LogP contribution in [-0.2, 0) is 6.54 Å². The molecule has 1 amide bonds. The topological polar surface area (TPSA) is 51.1 Å². The van der Waals surface area contributed by atoms with Gasteiger partial charge in [0.2, 0.25) is 0 Å². The number of rotatable bonds is 5. The van der Waals surface area contributed by atoms with Gasteiger partial charge in [0.1, 0.15) is 5.56 Å². The average Bonchev–Trinajstić information content (AvgIpc) is 2.77. The predicted octanol–water partition coefficient (Wildman–Crippen LogP) is 5.74. The van der Waals surface area contributed by atoms with E-state index >= 15 is 0 Å². The molecule has 1 heterocycles. The van der Waals surface area contributed by atoms with Gasteiger partial charge in [0, 0.05) is 24.0 Å². The second kappa shape index (κ2) is 9.06. The van der Waals surface area contributed by atoms with Gasteiger partial charge in [-0.15, -0.1) is 0 Å². The summed E-state index contributed by atoms with van der Waals surface area (Å²) < 4.78 is 2.05. The first kappa shape index (κ1) is 21.3. The molecule has 0 atom stereocenters.